The van der Waals surface area contributed by atoms with Crippen LogP contribution in [0.4, 0.5) is 5.69 Å². The van der Waals surface area contributed by atoms with Crippen LogP contribution in [0, 0.1) is 25.7 Å². The third kappa shape index (κ3) is 1.45. The van der Waals surface area contributed by atoms with Crippen molar-refractivity contribution in [1.82, 2.24) is 0 Å². The Balaban J connectivity index is 1.83. The standard InChI is InChI=1S/C17H17NO4/c1-9-4-3-5-10(2)14(9)18-15(20)12-11-6-7-17(8-19,22-11)13(12)16(18)21/h3-7,11-13,19H,8H2,1-2H3/t11-,12-,13+,17+/m1/s1. The molecule has 114 valence electrons. The fraction of sp³-hybridized carbons (Fsp3) is 0.412. The molecule has 2 saturated heterocycles. The topological polar surface area (TPSA) is 66.8 Å². The largest absolute Gasteiger partial charge is 0.393 e. The first-order valence-electron chi connectivity index (χ1n) is 7.42. The number of rotatable bonds is 2. The second kappa shape index (κ2) is 4.27. The molecule has 0 spiro atoms. The molecule has 0 aliphatic carbocycles. The molecule has 5 nitrogen and oxygen atoms in total. The van der Waals surface area contributed by atoms with Crippen molar-refractivity contribution in [3.8, 4) is 0 Å². The molecule has 2 bridgehead atoms. The summed E-state index contributed by atoms with van der Waals surface area (Å²) in [6.45, 7) is 3.49. The Morgan fingerprint density at radius 3 is 2.55 bits per heavy atom. The molecule has 1 N–H and O–H groups in total. The van der Waals surface area contributed by atoms with E-state index in [-0.39, 0.29) is 18.4 Å². The number of carbonyl (C=O) groups excluding carboxylic acids is 2. The monoisotopic (exact) mass is 299 g/mol. The smallest absolute Gasteiger partial charge is 0.241 e. The SMILES string of the molecule is Cc1cccc(C)c1N1C(=O)[C@H]2[C@@H](C1=O)[C@@]1(CO)C=C[C@H]2O1. The second-order valence-corrected chi connectivity index (χ2v) is 6.31. The predicted octanol–water partition coefficient (Wildman–Crippen LogP) is 1.11. The van der Waals surface area contributed by atoms with E-state index in [0.717, 1.165) is 11.1 Å². The highest BCUT2D eigenvalue weighted by Gasteiger charge is 2.67. The number of anilines is 1. The van der Waals surface area contributed by atoms with Crippen LogP contribution in [0.3, 0.4) is 0 Å². The number of nitrogens with zero attached hydrogens (tertiary/aromatic N) is 1. The van der Waals surface area contributed by atoms with E-state index in [0.29, 0.717) is 5.69 Å². The minimum absolute atomic E-state index is 0.225. The summed E-state index contributed by atoms with van der Waals surface area (Å²) in [6, 6.07) is 5.69. The number of amides is 2. The van der Waals surface area contributed by atoms with Gasteiger partial charge in [-0.25, -0.2) is 4.90 Å². The molecule has 22 heavy (non-hydrogen) atoms. The fourth-order valence-electron chi connectivity index (χ4n) is 4.06. The highest BCUT2D eigenvalue weighted by Crippen LogP contribution is 2.52. The first-order chi connectivity index (χ1) is 10.5. The summed E-state index contributed by atoms with van der Waals surface area (Å²) in [5.41, 5.74) is 1.41. The summed E-state index contributed by atoms with van der Waals surface area (Å²) in [6.07, 6.45) is 3.11. The normalized spacial score (nSPS) is 35.6. The minimum Gasteiger partial charge on any atom is -0.393 e. The number of hydrogen-bond acceptors (Lipinski definition) is 4. The number of aliphatic hydroxyl groups excluding tert-OH is 1. The lowest BCUT2D eigenvalue weighted by Gasteiger charge is -2.27. The number of aryl methyl sites for hydroxylation is 2. The van der Waals surface area contributed by atoms with E-state index in [4.69, 9.17) is 4.74 Å². The van der Waals surface area contributed by atoms with Gasteiger partial charge in [0.05, 0.1) is 30.2 Å². The van der Waals surface area contributed by atoms with Crippen LogP contribution < -0.4 is 4.90 Å². The molecule has 2 fully saturated rings. The molecule has 0 aromatic heterocycles. The Morgan fingerprint density at radius 2 is 1.91 bits per heavy atom. The van der Waals surface area contributed by atoms with Crippen LogP contribution in [0.5, 0.6) is 0 Å². The molecule has 0 unspecified atom stereocenters. The zero-order valence-electron chi connectivity index (χ0n) is 12.4. The van der Waals surface area contributed by atoms with Gasteiger partial charge in [0.15, 0.2) is 0 Å². The molecule has 3 heterocycles. The Hall–Kier alpha value is -1.98. The van der Waals surface area contributed by atoms with Gasteiger partial charge >= 0.3 is 0 Å². The van der Waals surface area contributed by atoms with Crippen molar-refractivity contribution in [2.75, 3.05) is 11.5 Å². The van der Waals surface area contributed by atoms with Crippen molar-refractivity contribution in [2.45, 2.75) is 25.6 Å². The molecule has 3 aliphatic heterocycles. The summed E-state index contributed by atoms with van der Waals surface area (Å²) in [5, 5.41) is 9.70. The van der Waals surface area contributed by atoms with Gasteiger partial charge in [-0.05, 0) is 25.0 Å². The van der Waals surface area contributed by atoms with Gasteiger partial charge in [0.1, 0.15) is 5.60 Å². The Bertz CT molecular complexity index is 705. The van der Waals surface area contributed by atoms with Crippen LogP contribution in [0.15, 0.2) is 30.4 Å². The van der Waals surface area contributed by atoms with Crippen LogP contribution in [0.25, 0.3) is 0 Å². The summed E-state index contributed by atoms with van der Waals surface area (Å²) >= 11 is 0. The maximum Gasteiger partial charge on any atom is 0.241 e. The zero-order valence-corrected chi connectivity index (χ0v) is 12.4. The lowest BCUT2D eigenvalue weighted by atomic mass is 9.77. The zero-order chi connectivity index (χ0) is 15.6. The van der Waals surface area contributed by atoms with Gasteiger partial charge in [0.25, 0.3) is 0 Å². The van der Waals surface area contributed by atoms with Gasteiger partial charge in [-0.1, -0.05) is 30.4 Å². The molecule has 2 amide bonds. The van der Waals surface area contributed by atoms with Crippen LogP contribution in [0.2, 0.25) is 0 Å². The van der Waals surface area contributed by atoms with E-state index in [1.54, 1.807) is 12.2 Å². The van der Waals surface area contributed by atoms with Gasteiger partial charge in [0.2, 0.25) is 11.8 Å². The Morgan fingerprint density at radius 1 is 1.23 bits per heavy atom. The van der Waals surface area contributed by atoms with E-state index < -0.39 is 23.5 Å². The lowest BCUT2D eigenvalue weighted by molar-refractivity contribution is -0.128. The molecular formula is C17H17NO4. The van der Waals surface area contributed by atoms with Crippen molar-refractivity contribution in [1.29, 1.82) is 0 Å². The van der Waals surface area contributed by atoms with Crippen LogP contribution >= 0.6 is 0 Å². The summed E-state index contributed by atoms with van der Waals surface area (Å²) < 4.78 is 5.73. The Kier molecular flexibility index (Phi) is 2.65. The predicted molar refractivity (Wildman–Crippen MR) is 79.2 cm³/mol. The van der Waals surface area contributed by atoms with Gasteiger partial charge < -0.3 is 9.84 Å². The molecule has 1 aromatic carbocycles. The second-order valence-electron chi connectivity index (χ2n) is 6.31. The fourth-order valence-corrected chi connectivity index (χ4v) is 4.06. The average molecular weight is 299 g/mol. The summed E-state index contributed by atoms with van der Waals surface area (Å²) in [5.74, 6) is -1.65. The van der Waals surface area contributed by atoms with Crippen LogP contribution in [0.1, 0.15) is 11.1 Å². The molecule has 0 radical (unpaired) electrons. The van der Waals surface area contributed by atoms with Crippen molar-refractivity contribution in [2.24, 2.45) is 11.8 Å². The summed E-state index contributed by atoms with van der Waals surface area (Å²) in [7, 11) is 0. The van der Waals surface area contributed by atoms with Gasteiger partial charge in [-0.15, -0.1) is 0 Å². The molecule has 4 rings (SSSR count). The quantitative estimate of drug-likeness (QED) is 0.656. The maximum atomic E-state index is 12.9. The van der Waals surface area contributed by atoms with Gasteiger partial charge in [-0.3, -0.25) is 9.59 Å². The molecule has 1 aromatic rings. The van der Waals surface area contributed by atoms with Crippen molar-refractivity contribution in [3.63, 3.8) is 0 Å². The molecule has 3 aliphatic rings. The number of fused-ring (bicyclic) bond motifs is 5. The molecular weight excluding hydrogens is 282 g/mol. The third-order valence-electron chi connectivity index (χ3n) is 5.07. The lowest BCUT2D eigenvalue weighted by Crippen LogP contribution is -2.43. The van der Waals surface area contributed by atoms with E-state index in [2.05, 4.69) is 0 Å². The minimum atomic E-state index is -1.03. The van der Waals surface area contributed by atoms with E-state index >= 15 is 0 Å². The van der Waals surface area contributed by atoms with Crippen LogP contribution in [-0.2, 0) is 14.3 Å². The summed E-state index contributed by atoms with van der Waals surface area (Å²) in [4.78, 5) is 27.1. The number of imide groups is 1. The molecule has 4 atom stereocenters. The van der Waals surface area contributed by atoms with E-state index in [1.807, 2.05) is 32.0 Å². The van der Waals surface area contributed by atoms with Crippen molar-refractivity contribution in [3.05, 3.63) is 41.5 Å². The van der Waals surface area contributed by atoms with Crippen molar-refractivity contribution >= 4 is 17.5 Å². The highest BCUT2D eigenvalue weighted by atomic mass is 16.5. The van der Waals surface area contributed by atoms with Gasteiger partial charge in [-0.2, -0.15) is 0 Å². The number of ether oxygens (including phenoxy) is 1. The molecule has 5 heteroatoms. The number of benzene rings is 1. The van der Waals surface area contributed by atoms with E-state index in [1.165, 1.54) is 4.90 Å². The number of carbonyl (C=O) groups is 2. The first-order valence-corrected chi connectivity index (χ1v) is 7.42. The Labute approximate surface area is 128 Å². The number of aliphatic hydroxyl groups is 1. The molecule has 0 saturated carbocycles. The number of para-hydroxylation sites is 1. The first kappa shape index (κ1) is 13.7. The highest BCUT2D eigenvalue weighted by molar-refractivity contribution is 6.24. The van der Waals surface area contributed by atoms with Crippen LogP contribution in [-0.4, -0.2) is 35.2 Å². The van der Waals surface area contributed by atoms with E-state index in [9.17, 15) is 14.7 Å². The van der Waals surface area contributed by atoms with Gasteiger partial charge in [0, 0.05) is 0 Å². The number of hydrogen-bond donors (Lipinski definition) is 1. The average Bonchev–Trinajstić information content (AvgIpc) is 3.13. The van der Waals surface area contributed by atoms with Crippen molar-refractivity contribution < 1.29 is 19.4 Å². The third-order valence-corrected chi connectivity index (χ3v) is 5.07. The maximum absolute atomic E-state index is 12.9.